The predicted octanol–water partition coefficient (Wildman–Crippen LogP) is 6.21. The van der Waals surface area contributed by atoms with Gasteiger partial charge in [0.2, 0.25) is 0 Å². The molecule has 2 aliphatic heterocycles. The standard InChI is InChI=1S/C32H17N8O.Ti/c41-40-31-23-15-7-8-16-24(23)32(40)39-30-22-14-6-4-12-20(22)28(37-30)35-26-18-10-2-1-9-17(18)25(33-26)34-27-19-11-3-5-13-21(19)29(36-27)38-31;/h1-16,41H;/q-1;. The summed E-state index contributed by atoms with van der Waals surface area (Å²) >= 11 is 0. The Morgan fingerprint density at radius 2 is 0.762 bits per heavy atom. The molecule has 0 fully saturated rings. The Kier molecular flexibility index (Phi) is 5.34. The first-order chi connectivity index (χ1) is 20.2. The first kappa shape index (κ1) is 24.5. The molecule has 3 aromatic heterocycles. The number of fused-ring (bicyclic) bond motifs is 20. The largest absolute Gasteiger partial charge is 0.425 e. The van der Waals surface area contributed by atoms with Crippen LogP contribution in [0, 0.1) is 0 Å². The maximum atomic E-state index is 11.5. The van der Waals surface area contributed by atoms with Gasteiger partial charge in [-0.25, -0.2) is 19.9 Å². The van der Waals surface area contributed by atoms with Gasteiger partial charge in [0.15, 0.2) is 22.9 Å². The molecule has 9 rings (SSSR count). The molecule has 196 valence electrons. The molecule has 5 heterocycles. The number of hydrogen-bond acceptors (Lipinski definition) is 7. The maximum absolute atomic E-state index is 11.5. The smallest absolute Gasteiger partial charge is 0.180 e. The number of aromatic nitrogens is 8. The SMILES string of the molecule is On1c2nc3nc(nc4[n-]c(nc5nc(nc1c1ccccc12)-c1ccccc1-5)c1ccccc41)-c1ccccc1-3.[Ti]. The fraction of sp³-hybridized carbons (Fsp3) is 0. The van der Waals surface area contributed by atoms with Crippen molar-refractivity contribution in [3.8, 4) is 45.6 Å². The number of nitrogens with zero attached hydrogens (tertiary/aromatic N) is 8. The molecule has 4 aromatic carbocycles. The minimum atomic E-state index is 0. The molecule has 42 heavy (non-hydrogen) atoms. The Labute approximate surface area is 252 Å². The van der Waals surface area contributed by atoms with Crippen LogP contribution in [0.2, 0.25) is 0 Å². The van der Waals surface area contributed by atoms with Crippen molar-refractivity contribution < 1.29 is 26.9 Å². The van der Waals surface area contributed by atoms with Crippen LogP contribution < -0.4 is 4.98 Å². The third-order valence-corrected chi connectivity index (χ3v) is 7.52. The minimum absolute atomic E-state index is 0. The van der Waals surface area contributed by atoms with Crippen LogP contribution in [0.25, 0.3) is 89.7 Å². The van der Waals surface area contributed by atoms with Crippen molar-refractivity contribution in [1.29, 1.82) is 0 Å². The molecule has 0 spiro atoms. The summed E-state index contributed by atoms with van der Waals surface area (Å²) in [4.78, 5) is 34.1. The van der Waals surface area contributed by atoms with Crippen LogP contribution in [0.15, 0.2) is 97.1 Å². The molecule has 8 bridgehead atoms. The van der Waals surface area contributed by atoms with E-state index < -0.39 is 0 Å². The van der Waals surface area contributed by atoms with Gasteiger partial charge in [0.1, 0.15) is 0 Å². The molecule has 2 aliphatic rings. The molecular weight excluding hydrogens is 560 g/mol. The average Bonchev–Trinajstić information content (AvgIpc) is 3.72. The van der Waals surface area contributed by atoms with Gasteiger partial charge in [-0.15, -0.1) is 4.73 Å². The molecule has 10 heteroatoms. The number of hydrogen-bond donors (Lipinski definition) is 1. The fourth-order valence-electron chi connectivity index (χ4n) is 5.61. The summed E-state index contributed by atoms with van der Waals surface area (Å²) in [6, 6.07) is 31.1. The van der Waals surface area contributed by atoms with Crippen LogP contribution in [0.4, 0.5) is 0 Å². The molecule has 0 atom stereocenters. The minimum Gasteiger partial charge on any atom is -0.425 e. The van der Waals surface area contributed by atoms with Crippen LogP contribution in [-0.2, 0) is 21.7 Å². The number of rotatable bonds is 0. The van der Waals surface area contributed by atoms with E-state index in [0.29, 0.717) is 45.9 Å². The molecule has 0 unspecified atom stereocenters. The van der Waals surface area contributed by atoms with Gasteiger partial charge in [-0.05, 0) is 10.8 Å². The van der Waals surface area contributed by atoms with E-state index in [-0.39, 0.29) is 21.7 Å². The molecule has 0 amide bonds. The third kappa shape index (κ3) is 3.47. The van der Waals surface area contributed by atoms with Crippen molar-refractivity contribution in [3.63, 3.8) is 0 Å². The topological polar surface area (TPSA) is 117 Å². The van der Waals surface area contributed by atoms with Gasteiger partial charge in [-0.3, -0.25) is 0 Å². The number of benzene rings is 4. The van der Waals surface area contributed by atoms with Crippen molar-refractivity contribution in [2.24, 2.45) is 0 Å². The van der Waals surface area contributed by atoms with Crippen molar-refractivity contribution in [1.82, 2.24) is 39.6 Å². The van der Waals surface area contributed by atoms with Gasteiger partial charge in [-0.1, -0.05) is 97.1 Å². The van der Waals surface area contributed by atoms with E-state index in [0.717, 1.165) is 48.5 Å². The Bertz CT molecular complexity index is 2250. The predicted molar refractivity (Wildman–Crippen MR) is 156 cm³/mol. The first-order valence-electron chi connectivity index (χ1n) is 13.1. The monoisotopic (exact) mass is 577 g/mol. The third-order valence-electron chi connectivity index (χ3n) is 7.52. The van der Waals surface area contributed by atoms with E-state index in [9.17, 15) is 5.21 Å². The first-order valence-corrected chi connectivity index (χ1v) is 13.1. The molecule has 1 N–H and O–H groups in total. The maximum Gasteiger partial charge on any atom is 0.180 e. The molecule has 0 saturated carbocycles. The van der Waals surface area contributed by atoms with Crippen LogP contribution in [-0.4, -0.2) is 39.8 Å². The summed E-state index contributed by atoms with van der Waals surface area (Å²) < 4.78 is 1.01. The fourth-order valence-corrected chi connectivity index (χ4v) is 5.61. The average molecular weight is 577 g/mol. The molecule has 0 saturated heterocycles. The van der Waals surface area contributed by atoms with Crippen LogP contribution >= 0.6 is 0 Å². The van der Waals surface area contributed by atoms with Gasteiger partial charge in [0.25, 0.3) is 0 Å². The van der Waals surface area contributed by atoms with Gasteiger partial charge < -0.3 is 20.2 Å². The summed E-state index contributed by atoms with van der Waals surface area (Å²) in [6.45, 7) is 0. The van der Waals surface area contributed by atoms with E-state index in [2.05, 4.69) is 0 Å². The van der Waals surface area contributed by atoms with Gasteiger partial charge in [0.05, 0.1) is 11.6 Å². The normalized spacial score (nSPS) is 11.7. The molecule has 9 nitrogen and oxygen atoms in total. The van der Waals surface area contributed by atoms with Crippen LogP contribution in [0.3, 0.4) is 0 Å². The Balaban J connectivity index is 0.00000267. The quantitative estimate of drug-likeness (QED) is 0.167. The van der Waals surface area contributed by atoms with E-state index in [1.165, 1.54) is 0 Å². The van der Waals surface area contributed by atoms with E-state index in [4.69, 9.17) is 34.9 Å². The summed E-state index contributed by atoms with van der Waals surface area (Å²) in [7, 11) is 0. The second kappa shape index (κ2) is 9.14. The molecule has 0 radical (unpaired) electrons. The zero-order valence-electron chi connectivity index (χ0n) is 21.8. The van der Waals surface area contributed by atoms with Crippen LogP contribution in [0.5, 0.6) is 0 Å². The summed E-state index contributed by atoms with van der Waals surface area (Å²) in [5, 5.41) is 14.7. The molecular formula is C32H17N8OTi-. The Hall–Kier alpha value is -5.25. The van der Waals surface area contributed by atoms with E-state index in [1.807, 2.05) is 97.1 Å². The van der Waals surface area contributed by atoms with Crippen LogP contribution in [0.1, 0.15) is 0 Å². The van der Waals surface area contributed by atoms with Gasteiger partial charge >= 0.3 is 0 Å². The second-order valence-electron chi connectivity index (χ2n) is 9.87. The second-order valence-corrected chi connectivity index (χ2v) is 9.87. The van der Waals surface area contributed by atoms with E-state index >= 15 is 0 Å². The Morgan fingerprint density at radius 1 is 0.429 bits per heavy atom. The van der Waals surface area contributed by atoms with Gasteiger partial charge in [-0.2, -0.15) is 0 Å². The zero-order valence-corrected chi connectivity index (χ0v) is 23.3. The zero-order chi connectivity index (χ0) is 27.1. The van der Waals surface area contributed by atoms with Crippen molar-refractivity contribution >= 4 is 44.1 Å². The van der Waals surface area contributed by atoms with Crippen molar-refractivity contribution in [2.45, 2.75) is 0 Å². The Morgan fingerprint density at radius 3 is 1.17 bits per heavy atom. The molecule has 7 aromatic rings. The van der Waals surface area contributed by atoms with Gasteiger partial charge in [0, 0.05) is 66.0 Å². The molecule has 0 aliphatic carbocycles. The van der Waals surface area contributed by atoms with Crippen molar-refractivity contribution in [2.75, 3.05) is 0 Å². The van der Waals surface area contributed by atoms with E-state index in [1.54, 1.807) is 0 Å². The summed E-state index contributed by atoms with van der Waals surface area (Å²) in [6.07, 6.45) is 0. The summed E-state index contributed by atoms with van der Waals surface area (Å²) in [5.74, 6) is 1.87. The summed E-state index contributed by atoms with van der Waals surface area (Å²) in [5.41, 5.74) is 4.96. The van der Waals surface area contributed by atoms with Crippen molar-refractivity contribution in [3.05, 3.63) is 97.1 Å².